The van der Waals surface area contributed by atoms with Gasteiger partial charge in [-0.05, 0) is 48.9 Å². The number of benzene rings is 2. The van der Waals surface area contributed by atoms with Crippen molar-refractivity contribution in [2.75, 3.05) is 15.8 Å². The van der Waals surface area contributed by atoms with Gasteiger partial charge in [-0.3, -0.25) is 14.5 Å². The summed E-state index contributed by atoms with van der Waals surface area (Å²) < 4.78 is 26.3. The van der Waals surface area contributed by atoms with E-state index < -0.39 is 10.0 Å². The van der Waals surface area contributed by atoms with E-state index in [0.717, 1.165) is 5.39 Å². The average Bonchev–Trinajstić information content (AvgIpc) is 2.64. The fourth-order valence-corrected chi connectivity index (χ4v) is 4.00. The number of carbonyl (C=O) groups excluding carboxylic acids is 1. The zero-order chi connectivity index (χ0) is 19.4. The molecule has 1 heterocycles. The van der Waals surface area contributed by atoms with Crippen molar-refractivity contribution in [2.24, 2.45) is 0 Å². The van der Waals surface area contributed by atoms with Crippen molar-refractivity contribution in [3.05, 3.63) is 65.3 Å². The van der Waals surface area contributed by atoms with Crippen LogP contribution in [0.2, 0.25) is 5.02 Å². The van der Waals surface area contributed by atoms with Crippen molar-refractivity contribution in [3.8, 4) is 0 Å². The number of hydrogen-bond donors (Lipinski definition) is 2. The summed E-state index contributed by atoms with van der Waals surface area (Å²) in [5, 5.41) is 4.05. The molecule has 6 nitrogen and oxygen atoms in total. The maximum atomic E-state index is 12.6. The molecule has 0 saturated heterocycles. The van der Waals surface area contributed by atoms with Crippen molar-refractivity contribution in [2.45, 2.75) is 13.3 Å². The number of halogens is 1. The Labute approximate surface area is 162 Å². The largest absolute Gasteiger partial charge is 0.321 e. The molecule has 3 aromatic rings. The van der Waals surface area contributed by atoms with E-state index in [4.69, 9.17) is 11.6 Å². The van der Waals surface area contributed by atoms with Gasteiger partial charge in [0, 0.05) is 22.8 Å². The monoisotopic (exact) mass is 403 g/mol. The third kappa shape index (κ3) is 4.56. The number of hydrogen-bond acceptors (Lipinski definition) is 4. The van der Waals surface area contributed by atoms with Gasteiger partial charge in [0.15, 0.2) is 0 Å². The van der Waals surface area contributed by atoms with Crippen molar-refractivity contribution in [1.82, 2.24) is 4.98 Å². The summed E-state index contributed by atoms with van der Waals surface area (Å²) >= 11 is 6.15. The van der Waals surface area contributed by atoms with E-state index in [1.54, 1.807) is 49.5 Å². The first kappa shape index (κ1) is 19.1. The topological polar surface area (TPSA) is 88.2 Å². The lowest BCUT2D eigenvalue weighted by Crippen LogP contribution is -2.17. The molecule has 0 saturated carbocycles. The number of pyridine rings is 1. The first-order chi connectivity index (χ1) is 12.9. The Morgan fingerprint density at radius 3 is 2.74 bits per heavy atom. The Balaban J connectivity index is 1.86. The number of carbonyl (C=O) groups is 1. The third-order valence-electron chi connectivity index (χ3n) is 3.84. The summed E-state index contributed by atoms with van der Waals surface area (Å²) in [5.74, 6) is -0.341. The number of anilines is 2. The summed E-state index contributed by atoms with van der Waals surface area (Å²) in [6.07, 6.45) is 2.14. The molecule has 0 atom stereocenters. The molecule has 0 unspecified atom stereocenters. The lowest BCUT2D eigenvalue weighted by atomic mass is 10.1. The molecule has 0 bridgehead atoms. The maximum absolute atomic E-state index is 12.6. The van der Waals surface area contributed by atoms with Gasteiger partial charge in [-0.25, -0.2) is 8.42 Å². The van der Waals surface area contributed by atoms with Gasteiger partial charge in [0.2, 0.25) is 10.0 Å². The molecular weight excluding hydrogens is 386 g/mol. The fraction of sp³-hybridized carbons (Fsp3) is 0.158. The van der Waals surface area contributed by atoms with Crippen molar-refractivity contribution in [1.29, 1.82) is 0 Å². The second-order valence-corrected chi connectivity index (χ2v) is 8.20. The van der Waals surface area contributed by atoms with Gasteiger partial charge < -0.3 is 5.32 Å². The molecule has 2 N–H and O–H groups in total. The number of nitrogens with zero attached hydrogens (tertiary/aromatic N) is 1. The lowest BCUT2D eigenvalue weighted by Gasteiger charge is -2.11. The Morgan fingerprint density at radius 1 is 1.15 bits per heavy atom. The molecule has 2 aromatic carbocycles. The van der Waals surface area contributed by atoms with Crippen molar-refractivity contribution in [3.63, 3.8) is 0 Å². The molecule has 1 aromatic heterocycles. The highest BCUT2D eigenvalue weighted by molar-refractivity contribution is 7.92. The van der Waals surface area contributed by atoms with Crippen LogP contribution in [-0.2, 0) is 10.0 Å². The predicted molar refractivity (Wildman–Crippen MR) is 109 cm³/mol. The molecule has 1 amide bonds. The summed E-state index contributed by atoms with van der Waals surface area (Å²) in [7, 11) is -3.42. The third-order valence-corrected chi connectivity index (χ3v) is 5.64. The minimum Gasteiger partial charge on any atom is -0.321 e. The van der Waals surface area contributed by atoms with Crippen molar-refractivity contribution < 1.29 is 13.2 Å². The summed E-state index contributed by atoms with van der Waals surface area (Å²) in [4.78, 5) is 16.9. The van der Waals surface area contributed by atoms with Gasteiger partial charge >= 0.3 is 0 Å². The Hall–Kier alpha value is -2.64. The zero-order valence-electron chi connectivity index (χ0n) is 14.6. The van der Waals surface area contributed by atoms with Crippen LogP contribution in [0.4, 0.5) is 11.4 Å². The van der Waals surface area contributed by atoms with E-state index in [9.17, 15) is 13.2 Å². The molecule has 0 aliphatic rings. The number of amides is 1. The van der Waals surface area contributed by atoms with E-state index in [2.05, 4.69) is 15.0 Å². The van der Waals surface area contributed by atoms with E-state index in [1.165, 1.54) is 6.07 Å². The number of fused-ring (bicyclic) bond motifs is 1. The van der Waals surface area contributed by atoms with Gasteiger partial charge in [-0.15, -0.1) is 0 Å². The molecule has 0 aliphatic carbocycles. The molecule has 0 radical (unpaired) electrons. The quantitative estimate of drug-likeness (QED) is 0.642. The predicted octanol–water partition coefficient (Wildman–Crippen LogP) is 4.29. The minimum absolute atomic E-state index is 0.0210. The second-order valence-electron chi connectivity index (χ2n) is 5.95. The van der Waals surface area contributed by atoms with E-state index in [1.807, 2.05) is 6.07 Å². The van der Waals surface area contributed by atoms with Crippen LogP contribution in [0.15, 0.2) is 54.7 Å². The number of nitrogens with one attached hydrogen (secondary N) is 2. The Bertz CT molecular complexity index is 1100. The first-order valence-electron chi connectivity index (χ1n) is 8.35. The Kier molecular flexibility index (Phi) is 5.62. The van der Waals surface area contributed by atoms with Crippen LogP contribution in [0.5, 0.6) is 0 Å². The SMILES string of the molecule is CCCS(=O)(=O)Nc1cccc(C(=O)Nc2ccc(Cl)c3ncccc23)c1. The molecule has 140 valence electrons. The highest BCUT2D eigenvalue weighted by Gasteiger charge is 2.13. The van der Waals surface area contributed by atoms with Gasteiger partial charge in [0.1, 0.15) is 0 Å². The summed E-state index contributed by atoms with van der Waals surface area (Å²) in [5.41, 5.74) is 1.85. The van der Waals surface area contributed by atoms with Crippen LogP contribution in [0.25, 0.3) is 10.9 Å². The molecule has 0 fully saturated rings. The van der Waals surface area contributed by atoms with Gasteiger partial charge in [-0.2, -0.15) is 0 Å². The van der Waals surface area contributed by atoms with Gasteiger partial charge in [-0.1, -0.05) is 24.6 Å². The van der Waals surface area contributed by atoms with Crippen LogP contribution >= 0.6 is 11.6 Å². The lowest BCUT2D eigenvalue weighted by molar-refractivity contribution is 0.102. The molecule has 3 rings (SSSR count). The Morgan fingerprint density at radius 2 is 1.96 bits per heavy atom. The highest BCUT2D eigenvalue weighted by atomic mass is 35.5. The van der Waals surface area contributed by atoms with Gasteiger partial charge in [0.25, 0.3) is 5.91 Å². The minimum atomic E-state index is -3.42. The van der Waals surface area contributed by atoms with Crippen molar-refractivity contribution >= 4 is 49.8 Å². The smallest absolute Gasteiger partial charge is 0.255 e. The molecule has 0 spiro atoms. The van der Waals surface area contributed by atoms with Crippen LogP contribution in [0, 0.1) is 0 Å². The van der Waals surface area contributed by atoms with E-state index in [-0.39, 0.29) is 11.7 Å². The molecule has 0 aliphatic heterocycles. The molecular formula is C19H18ClN3O3S. The number of sulfonamides is 1. The highest BCUT2D eigenvalue weighted by Crippen LogP contribution is 2.28. The molecule has 8 heteroatoms. The van der Waals surface area contributed by atoms with Crippen LogP contribution in [0.1, 0.15) is 23.7 Å². The van der Waals surface area contributed by atoms with Gasteiger partial charge in [0.05, 0.1) is 22.0 Å². The van der Waals surface area contributed by atoms with Crippen LogP contribution in [-0.4, -0.2) is 25.1 Å². The summed E-state index contributed by atoms with van der Waals surface area (Å²) in [6, 6.07) is 13.3. The normalized spacial score (nSPS) is 11.3. The summed E-state index contributed by atoms with van der Waals surface area (Å²) in [6.45, 7) is 1.79. The molecule has 27 heavy (non-hydrogen) atoms. The zero-order valence-corrected chi connectivity index (χ0v) is 16.1. The maximum Gasteiger partial charge on any atom is 0.255 e. The fourth-order valence-electron chi connectivity index (χ4n) is 2.66. The first-order valence-corrected chi connectivity index (χ1v) is 10.4. The van der Waals surface area contributed by atoms with E-state index >= 15 is 0 Å². The van der Waals surface area contributed by atoms with E-state index in [0.29, 0.717) is 33.9 Å². The average molecular weight is 404 g/mol. The second kappa shape index (κ2) is 7.94. The standard InChI is InChI=1S/C19H18ClN3O3S/c1-2-11-27(25,26)23-14-6-3-5-13(12-14)19(24)22-17-9-8-16(20)18-15(17)7-4-10-21-18/h3-10,12,23H,2,11H2,1H3,(H,22,24). The number of aromatic nitrogens is 1. The van der Waals surface area contributed by atoms with Crippen LogP contribution in [0.3, 0.4) is 0 Å². The number of rotatable bonds is 6. The van der Waals surface area contributed by atoms with Crippen LogP contribution < -0.4 is 10.0 Å².